The van der Waals surface area contributed by atoms with Gasteiger partial charge in [0.25, 0.3) is 5.78 Å². The summed E-state index contributed by atoms with van der Waals surface area (Å²) in [5, 5.41) is 4.20. The molecule has 33 heavy (non-hydrogen) atoms. The quantitative estimate of drug-likeness (QED) is 0.462. The summed E-state index contributed by atoms with van der Waals surface area (Å²) >= 11 is 0. The number of aromatic nitrogens is 6. The molecular formula is C22H20F3N7O. The molecule has 0 unspecified atom stereocenters. The van der Waals surface area contributed by atoms with Crippen LogP contribution >= 0.6 is 0 Å². The Morgan fingerprint density at radius 3 is 2.70 bits per heavy atom. The fraction of sp³-hybridized carbons (Fsp3) is 0.318. The monoisotopic (exact) mass is 455 g/mol. The zero-order chi connectivity index (χ0) is 23.5. The molecule has 0 N–H and O–H groups in total. The minimum absolute atomic E-state index is 0.00291. The van der Waals surface area contributed by atoms with Crippen LogP contribution in [0.25, 0.3) is 16.9 Å². The van der Waals surface area contributed by atoms with E-state index >= 15 is 0 Å². The van der Waals surface area contributed by atoms with Crippen molar-refractivity contribution in [1.82, 2.24) is 29.1 Å². The summed E-state index contributed by atoms with van der Waals surface area (Å²) in [5.41, 5.74) is 2.61. The van der Waals surface area contributed by atoms with Crippen LogP contribution in [0.3, 0.4) is 0 Å². The van der Waals surface area contributed by atoms with Gasteiger partial charge in [0, 0.05) is 73.2 Å². The highest BCUT2D eigenvalue weighted by Crippen LogP contribution is 2.37. The Kier molecular flexibility index (Phi) is 4.73. The second-order valence-electron chi connectivity index (χ2n) is 8.11. The molecule has 0 fully saturated rings. The topological polar surface area (TPSA) is 81.2 Å². The molecule has 5 rings (SSSR count). The van der Waals surface area contributed by atoms with Gasteiger partial charge in [-0.05, 0) is 31.5 Å². The highest BCUT2D eigenvalue weighted by Gasteiger charge is 2.34. The zero-order valence-corrected chi connectivity index (χ0v) is 18.2. The van der Waals surface area contributed by atoms with E-state index in [1.54, 1.807) is 13.1 Å². The summed E-state index contributed by atoms with van der Waals surface area (Å²) < 4.78 is 43.2. The molecule has 5 heterocycles. The molecule has 0 spiro atoms. The summed E-state index contributed by atoms with van der Waals surface area (Å²) in [6, 6.07) is 2.72. The van der Waals surface area contributed by atoms with Crippen LogP contribution < -0.4 is 10.6 Å². The summed E-state index contributed by atoms with van der Waals surface area (Å²) in [6.07, 6.45) is -0.0464. The van der Waals surface area contributed by atoms with E-state index in [1.165, 1.54) is 21.5 Å². The Hall–Kier alpha value is -3.76. The van der Waals surface area contributed by atoms with Gasteiger partial charge >= 0.3 is 11.9 Å². The number of nitrogens with zero attached hydrogens (tertiary/aromatic N) is 7. The Morgan fingerprint density at radius 2 is 1.94 bits per heavy atom. The summed E-state index contributed by atoms with van der Waals surface area (Å²) in [5.74, 6) is 1.00. The van der Waals surface area contributed by atoms with Crippen LogP contribution in [0.15, 0.2) is 35.5 Å². The Bertz CT molecular complexity index is 1460. The molecule has 11 heteroatoms. The van der Waals surface area contributed by atoms with Crippen LogP contribution in [0, 0.1) is 13.8 Å². The number of pyridine rings is 2. The average Bonchev–Trinajstić information content (AvgIpc) is 3.08. The van der Waals surface area contributed by atoms with Gasteiger partial charge in [0.1, 0.15) is 5.82 Å². The van der Waals surface area contributed by atoms with Gasteiger partial charge in [-0.1, -0.05) is 0 Å². The molecule has 0 amide bonds. The van der Waals surface area contributed by atoms with Gasteiger partial charge in [-0.15, -0.1) is 5.10 Å². The molecule has 0 bridgehead atoms. The number of aryl methyl sites for hydroxylation is 2. The largest absolute Gasteiger partial charge is 0.417 e. The SMILES string of the molecule is Cc1c(N2CCc3ncc(-c4cnccc4C(F)(F)F)cc3C2)nc2nn(C)c(=O)n2c1C. The molecule has 0 aliphatic carbocycles. The minimum atomic E-state index is -4.49. The van der Waals surface area contributed by atoms with Crippen LogP contribution in [-0.2, 0) is 26.2 Å². The smallest absolute Gasteiger partial charge is 0.351 e. The lowest BCUT2D eigenvalue weighted by molar-refractivity contribution is -0.137. The summed E-state index contributed by atoms with van der Waals surface area (Å²) in [6.45, 7) is 4.81. The van der Waals surface area contributed by atoms with Crippen molar-refractivity contribution in [2.75, 3.05) is 11.4 Å². The summed E-state index contributed by atoms with van der Waals surface area (Å²) in [7, 11) is 1.57. The van der Waals surface area contributed by atoms with E-state index in [2.05, 4.69) is 20.1 Å². The van der Waals surface area contributed by atoms with Crippen molar-refractivity contribution < 1.29 is 13.2 Å². The third kappa shape index (κ3) is 3.43. The first-order valence-electron chi connectivity index (χ1n) is 10.3. The summed E-state index contributed by atoms with van der Waals surface area (Å²) in [4.78, 5) is 27.3. The standard InChI is InChI=1S/C22H20F3N7O/c1-12-13(2)32-20(29-30(3)21(32)33)28-19(12)31-7-5-18-15(11-31)8-14(9-27-18)16-10-26-6-4-17(16)22(23,24)25/h4,6,8-10H,5,7,11H2,1-3H3. The first kappa shape index (κ1) is 21.1. The van der Waals surface area contributed by atoms with E-state index in [1.807, 2.05) is 18.7 Å². The third-order valence-corrected chi connectivity index (χ3v) is 6.10. The van der Waals surface area contributed by atoms with Crippen LogP contribution in [-0.4, -0.2) is 35.7 Å². The number of halogens is 3. The van der Waals surface area contributed by atoms with Gasteiger partial charge in [0.2, 0.25) is 0 Å². The number of rotatable bonds is 2. The predicted octanol–water partition coefficient (Wildman–Crippen LogP) is 3.08. The maximum atomic E-state index is 13.5. The lowest BCUT2D eigenvalue weighted by Gasteiger charge is -2.31. The Morgan fingerprint density at radius 1 is 1.15 bits per heavy atom. The van der Waals surface area contributed by atoms with Crippen molar-refractivity contribution in [1.29, 1.82) is 0 Å². The molecule has 0 atom stereocenters. The van der Waals surface area contributed by atoms with Crippen LogP contribution in [0.2, 0.25) is 0 Å². The van der Waals surface area contributed by atoms with E-state index in [0.717, 1.165) is 34.8 Å². The molecule has 0 saturated heterocycles. The van der Waals surface area contributed by atoms with Gasteiger partial charge in [-0.3, -0.25) is 9.97 Å². The van der Waals surface area contributed by atoms with Gasteiger partial charge in [0.15, 0.2) is 0 Å². The van der Waals surface area contributed by atoms with Crippen molar-refractivity contribution in [3.05, 3.63) is 69.3 Å². The molecule has 1 aliphatic rings. The number of alkyl halides is 3. The first-order chi connectivity index (χ1) is 15.6. The highest BCUT2D eigenvalue weighted by molar-refractivity contribution is 5.67. The van der Waals surface area contributed by atoms with Crippen LogP contribution in [0.1, 0.15) is 28.1 Å². The maximum absolute atomic E-state index is 13.5. The first-order valence-corrected chi connectivity index (χ1v) is 10.3. The molecule has 170 valence electrons. The highest BCUT2D eigenvalue weighted by atomic mass is 19.4. The molecule has 4 aromatic heterocycles. The fourth-order valence-corrected chi connectivity index (χ4v) is 4.26. The molecule has 8 nitrogen and oxygen atoms in total. The van der Waals surface area contributed by atoms with Crippen LogP contribution in [0.5, 0.6) is 0 Å². The number of hydrogen-bond donors (Lipinski definition) is 0. The van der Waals surface area contributed by atoms with Crippen molar-refractivity contribution in [2.24, 2.45) is 7.05 Å². The van der Waals surface area contributed by atoms with Crippen molar-refractivity contribution >= 4 is 11.6 Å². The van der Waals surface area contributed by atoms with E-state index in [-0.39, 0.29) is 11.3 Å². The average molecular weight is 455 g/mol. The Labute approximate surface area is 186 Å². The second-order valence-corrected chi connectivity index (χ2v) is 8.11. The van der Waals surface area contributed by atoms with Gasteiger partial charge in [-0.25, -0.2) is 13.9 Å². The molecule has 1 aliphatic heterocycles. The van der Waals surface area contributed by atoms with E-state index < -0.39 is 11.7 Å². The molecule has 4 aromatic rings. The van der Waals surface area contributed by atoms with E-state index in [4.69, 9.17) is 0 Å². The van der Waals surface area contributed by atoms with Gasteiger partial charge < -0.3 is 4.90 Å². The number of fused-ring (bicyclic) bond motifs is 2. The Balaban J connectivity index is 1.56. The van der Waals surface area contributed by atoms with Crippen molar-refractivity contribution in [3.63, 3.8) is 0 Å². The van der Waals surface area contributed by atoms with E-state index in [0.29, 0.717) is 36.7 Å². The van der Waals surface area contributed by atoms with Gasteiger partial charge in [0.05, 0.1) is 5.56 Å². The van der Waals surface area contributed by atoms with Crippen molar-refractivity contribution in [3.8, 4) is 11.1 Å². The van der Waals surface area contributed by atoms with Crippen LogP contribution in [0.4, 0.5) is 19.0 Å². The second kappa shape index (κ2) is 7.39. The predicted molar refractivity (Wildman–Crippen MR) is 115 cm³/mol. The van der Waals surface area contributed by atoms with E-state index in [9.17, 15) is 18.0 Å². The number of hydrogen-bond acceptors (Lipinski definition) is 6. The fourth-order valence-electron chi connectivity index (χ4n) is 4.26. The molecular weight excluding hydrogens is 435 g/mol. The van der Waals surface area contributed by atoms with Crippen molar-refractivity contribution in [2.45, 2.75) is 33.0 Å². The minimum Gasteiger partial charge on any atom is -0.351 e. The lowest BCUT2D eigenvalue weighted by Crippen LogP contribution is -2.33. The third-order valence-electron chi connectivity index (χ3n) is 6.10. The molecule has 0 saturated carbocycles. The molecule has 0 radical (unpaired) electrons. The normalized spacial score (nSPS) is 14.1. The maximum Gasteiger partial charge on any atom is 0.417 e. The number of anilines is 1. The molecule has 0 aromatic carbocycles. The zero-order valence-electron chi connectivity index (χ0n) is 18.2. The van der Waals surface area contributed by atoms with Gasteiger partial charge in [-0.2, -0.15) is 18.2 Å². The lowest BCUT2D eigenvalue weighted by atomic mass is 9.98.